The van der Waals surface area contributed by atoms with Crippen LogP contribution in [0.1, 0.15) is 31.7 Å². The number of benzene rings is 1. The number of sulfonamides is 1. The van der Waals surface area contributed by atoms with E-state index in [0.717, 1.165) is 19.4 Å². The van der Waals surface area contributed by atoms with E-state index in [2.05, 4.69) is 11.6 Å². The van der Waals surface area contributed by atoms with Crippen molar-refractivity contribution in [3.63, 3.8) is 0 Å². The van der Waals surface area contributed by atoms with Crippen molar-refractivity contribution in [1.82, 2.24) is 4.72 Å². The highest BCUT2D eigenvalue weighted by Gasteiger charge is 2.11. The topological polar surface area (TPSA) is 55.4 Å². The fraction of sp³-hybridized carbons (Fsp3) is 0.571. The Morgan fingerprint density at radius 3 is 2.52 bits per heavy atom. The average Bonchev–Trinajstić information content (AvgIpc) is 2.41. The minimum absolute atomic E-state index is 0.111. The molecule has 0 aliphatic rings. The van der Waals surface area contributed by atoms with E-state index >= 15 is 0 Å². The van der Waals surface area contributed by atoms with Crippen LogP contribution in [-0.2, 0) is 20.5 Å². The standard InChI is InChI=1S/C14H21Cl2NO3S/c1-2-3-8-20-9-4-7-17-21(18,19)11-12-5-6-13(15)14(16)10-12/h5-6,10,17H,2-4,7-9,11H2,1H3. The summed E-state index contributed by atoms with van der Waals surface area (Å²) < 4.78 is 31.7. The molecule has 0 unspecified atom stereocenters. The molecule has 0 bridgehead atoms. The van der Waals surface area contributed by atoms with Gasteiger partial charge in [0.1, 0.15) is 0 Å². The minimum atomic E-state index is -3.37. The van der Waals surface area contributed by atoms with Crippen molar-refractivity contribution in [3.8, 4) is 0 Å². The SMILES string of the molecule is CCCCOCCCNS(=O)(=O)Cc1ccc(Cl)c(Cl)c1. The zero-order chi connectivity index (χ0) is 15.7. The molecule has 0 aliphatic heterocycles. The number of hydrogen-bond donors (Lipinski definition) is 1. The third kappa shape index (κ3) is 8.02. The van der Waals surface area contributed by atoms with E-state index in [4.69, 9.17) is 27.9 Å². The van der Waals surface area contributed by atoms with Gasteiger partial charge in [0, 0.05) is 19.8 Å². The first-order valence-corrected chi connectivity index (χ1v) is 9.34. The molecule has 0 heterocycles. The second-order valence-corrected chi connectivity index (χ2v) is 7.34. The quantitative estimate of drug-likeness (QED) is 0.653. The van der Waals surface area contributed by atoms with Gasteiger partial charge in [-0.1, -0.05) is 42.6 Å². The molecule has 0 atom stereocenters. The Morgan fingerprint density at radius 2 is 1.86 bits per heavy atom. The Hall–Kier alpha value is -0.330. The van der Waals surface area contributed by atoms with E-state index in [0.29, 0.717) is 35.2 Å². The zero-order valence-electron chi connectivity index (χ0n) is 12.1. The summed E-state index contributed by atoms with van der Waals surface area (Å²) in [5.74, 6) is -0.111. The molecule has 1 N–H and O–H groups in total. The van der Waals surface area contributed by atoms with E-state index in [1.807, 2.05) is 0 Å². The maximum absolute atomic E-state index is 11.9. The molecule has 1 rings (SSSR count). The van der Waals surface area contributed by atoms with Crippen LogP contribution in [0.5, 0.6) is 0 Å². The summed E-state index contributed by atoms with van der Waals surface area (Å²) in [4.78, 5) is 0. The van der Waals surface area contributed by atoms with Crippen LogP contribution < -0.4 is 4.72 Å². The first-order valence-electron chi connectivity index (χ1n) is 6.93. The maximum atomic E-state index is 11.9. The summed E-state index contributed by atoms with van der Waals surface area (Å²) in [6.45, 7) is 3.76. The molecule has 0 aromatic heterocycles. The van der Waals surface area contributed by atoms with E-state index in [1.54, 1.807) is 18.2 Å². The molecule has 0 saturated carbocycles. The molecule has 0 amide bonds. The van der Waals surface area contributed by atoms with Gasteiger partial charge in [-0.3, -0.25) is 0 Å². The molecular formula is C14H21Cl2NO3S. The molecule has 120 valence electrons. The Morgan fingerprint density at radius 1 is 1.14 bits per heavy atom. The summed E-state index contributed by atoms with van der Waals surface area (Å²) in [7, 11) is -3.37. The third-order valence-corrected chi connectivity index (χ3v) is 4.87. The lowest BCUT2D eigenvalue weighted by molar-refractivity contribution is 0.130. The lowest BCUT2D eigenvalue weighted by Crippen LogP contribution is -2.27. The fourth-order valence-corrected chi connectivity index (χ4v) is 3.15. The van der Waals surface area contributed by atoms with Crippen LogP contribution in [0.25, 0.3) is 0 Å². The van der Waals surface area contributed by atoms with Crippen LogP contribution in [0.3, 0.4) is 0 Å². The van der Waals surface area contributed by atoms with Crippen molar-refractivity contribution in [3.05, 3.63) is 33.8 Å². The predicted molar refractivity (Wildman–Crippen MR) is 87.4 cm³/mol. The van der Waals surface area contributed by atoms with E-state index in [9.17, 15) is 8.42 Å². The number of rotatable bonds is 10. The largest absolute Gasteiger partial charge is 0.381 e. The van der Waals surface area contributed by atoms with Crippen LogP contribution in [0.15, 0.2) is 18.2 Å². The molecule has 1 aromatic carbocycles. The molecular weight excluding hydrogens is 333 g/mol. The van der Waals surface area contributed by atoms with Crippen LogP contribution in [-0.4, -0.2) is 28.2 Å². The highest BCUT2D eigenvalue weighted by atomic mass is 35.5. The zero-order valence-corrected chi connectivity index (χ0v) is 14.4. The molecule has 0 saturated heterocycles. The van der Waals surface area contributed by atoms with E-state index in [-0.39, 0.29) is 5.75 Å². The smallest absolute Gasteiger partial charge is 0.215 e. The van der Waals surface area contributed by atoms with Crippen molar-refractivity contribution < 1.29 is 13.2 Å². The number of halogens is 2. The van der Waals surface area contributed by atoms with Crippen LogP contribution >= 0.6 is 23.2 Å². The van der Waals surface area contributed by atoms with Gasteiger partial charge in [0.05, 0.1) is 15.8 Å². The average molecular weight is 354 g/mol. The summed E-state index contributed by atoms with van der Waals surface area (Å²) in [6.07, 6.45) is 2.78. The Balaban J connectivity index is 2.31. The Labute approximate surface area is 136 Å². The van der Waals surface area contributed by atoms with Crippen LogP contribution in [0.2, 0.25) is 10.0 Å². The lowest BCUT2D eigenvalue weighted by Gasteiger charge is -2.08. The van der Waals surface area contributed by atoms with Crippen molar-refractivity contribution in [2.24, 2.45) is 0 Å². The second-order valence-electron chi connectivity index (χ2n) is 4.72. The van der Waals surface area contributed by atoms with Gasteiger partial charge in [-0.15, -0.1) is 0 Å². The van der Waals surface area contributed by atoms with Gasteiger partial charge in [-0.2, -0.15) is 0 Å². The van der Waals surface area contributed by atoms with Gasteiger partial charge in [0.25, 0.3) is 0 Å². The first-order chi connectivity index (χ1) is 9.94. The summed E-state index contributed by atoms with van der Waals surface area (Å²) in [5.41, 5.74) is 0.607. The third-order valence-electron chi connectivity index (χ3n) is 2.77. The van der Waals surface area contributed by atoms with Crippen molar-refractivity contribution in [2.75, 3.05) is 19.8 Å². The number of ether oxygens (including phenoxy) is 1. The summed E-state index contributed by atoms with van der Waals surface area (Å²) in [6, 6.07) is 4.81. The molecule has 21 heavy (non-hydrogen) atoms. The first kappa shape index (κ1) is 18.7. The number of hydrogen-bond acceptors (Lipinski definition) is 3. The monoisotopic (exact) mass is 353 g/mol. The predicted octanol–water partition coefficient (Wildman–Crippen LogP) is 3.62. The normalized spacial score (nSPS) is 11.8. The van der Waals surface area contributed by atoms with Crippen molar-refractivity contribution in [2.45, 2.75) is 31.9 Å². The van der Waals surface area contributed by atoms with E-state index in [1.165, 1.54) is 0 Å². The van der Waals surface area contributed by atoms with Crippen LogP contribution in [0, 0.1) is 0 Å². The Kier molecular flexibility index (Phi) is 8.59. The van der Waals surface area contributed by atoms with Gasteiger partial charge in [0.15, 0.2) is 0 Å². The molecule has 0 radical (unpaired) electrons. The number of nitrogens with one attached hydrogen (secondary N) is 1. The second kappa shape index (κ2) is 9.64. The molecule has 7 heteroatoms. The highest BCUT2D eigenvalue weighted by Crippen LogP contribution is 2.23. The minimum Gasteiger partial charge on any atom is -0.381 e. The molecule has 0 aliphatic carbocycles. The van der Waals surface area contributed by atoms with Gasteiger partial charge in [-0.25, -0.2) is 13.1 Å². The fourth-order valence-electron chi connectivity index (χ4n) is 1.65. The molecule has 0 spiro atoms. The maximum Gasteiger partial charge on any atom is 0.215 e. The molecule has 4 nitrogen and oxygen atoms in total. The van der Waals surface area contributed by atoms with Gasteiger partial charge < -0.3 is 4.74 Å². The highest BCUT2D eigenvalue weighted by molar-refractivity contribution is 7.88. The molecule has 0 fully saturated rings. The van der Waals surface area contributed by atoms with Gasteiger partial charge in [-0.05, 0) is 30.5 Å². The molecule has 1 aromatic rings. The lowest BCUT2D eigenvalue weighted by atomic mass is 10.2. The number of unbranched alkanes of at least 4 members (excludes halogenated alkanes) is 1. The van der Waals surface area contributed by atoms with Crippen molar-refractivity contribution >= 4 is 33.2 Å². The Bertz CT molecular complexity index is 535. The van der Waals surface area contributed by atoms with Gasteiger partial charge >= 0.3 is 0 Å². The van der Waals surface area contributed by atoms with Crippen molar-refractivity contribution in [1.29, 1.82) is 0 Å². The summed E-state index contributed by atoms with van der Waals surface area (Å²) >= 11 is 11.7. The van der Waals surface area contributed by atoms with E-state index < -0.39 is 10.0 Å². The summed E-state index contributed by atoms with van der Waals surface area (Å²) in [5, 5.41) is 0.767. The van der Waals surface area contributed by atoms with Gasteiger partial charge in [0.2, 0.25) is 10.0 Å². The van der Waals surface area contributed by atoms with Crippen LogP contribution in [0.4, 0.5) is 0 Å².